The average molecular weight is 471 g/mol. The summed E-state index contributed by atoms with van der Waals surface area (Å²) >= 11 is 6.43. The Hall–Kier alpha value is -2.84. The summed E-state index contributed by atoms with van der Waals surface area (Å²) in [7, 11) is 1.58. The van der Waals surface area contributed by atoms with Gasteiger partial charge in [-0.1, -0.05) is 62.2 Å². The predicted octanol–water partition coefficient (Wildman–Crippen LogP) is 5.20. The number of methoxy groups -OCH3 is 1. The van der Waals surface area contributed by atoms with Gasteiger partial charge in [-0.15, -0.1) is 0 Å². The summed E-state index contributed by atoms with van der Waals surface area (Å²) in [5, 5.41) is 1.10. The Balaban J connectivity index is 1.67. The normalized spacial score (nSPS) is 14.7. The quantitative estimate of drug-likeness (QED) is 0.292. The van der Waals surface area contributed by atoms with Gasteiger partial charge in [-0.25, -0.2) is 0 Å². The topological polar surface area (TPSA) is 67.9 Å². The van der Waals surface area contributed by atoms with Crippen LogP contribution in [0.5, 0.6) is 11.5 Å². The first-order valence-electron chi connectivity index (χ1n) is 10.5. The predicted molar refractivity (Wildman–Crippen MR) is 132 cm³/mol. The lowest BCUT2D eigenvalue weighted by molar-refractivity contribution is -0.123. The van der Waals surface area contributed by atoms with Crippen molar-refractivity contribution < 1.29 is 19.1 Å². The molecule has 2 aromatic rings. The standard InChI is InChI=1S/C24H26N2O4S2/c1-3-4-5-9-14-30-19-13-12-17(15-20(19)29-2)16-21-23(28)26(24(31)32-21)25-22(27)18-10-7-6-8-11-18/h6-8,10-13,15-16H,3-5,9,14H2,1-2H3,(H,25,27)/b21-16-. The van der Waals surface area contributed by atoms with Crippen LogP contribution in [0.15, 0.2) is 53.4 Å². The molecule has 1 N–H and O–H groups in total. The maximum atomic E-state index is 12.8. The number of nitrogens with zero attached hydrogens (tertiary/aromatic N) is 1. The summed E-state index contributed by atoms with van der Waals surface area (Å²) in [6.45, 7) is 2.81. The van der Waals surface area contributed by atoms with E-state index in [-0.39, 0.29) is 10.2 Å². The minimum absolute atomic E-state index is 0.268. The molecule has 1 aliphatic heterocycles. The van der Waals surface area contributed by atoms with Crippen LogP contribution in [-0.2, 0) is 4.79 Å². The van der Waals surface area contributed by atoms with E-state index in [1.165, 1.54) is 12.8 Å². The van der Waals surface area contributed by atoms with Gasteiger partial charge in [0.2, 0.25) is 0 Å². The maximum Gasteiger partial charge on any atom is 0.285 e. The van der Waals surface area contributed by atoms with Gasteiger partial charge >= 0.3 is 0 Å². The second-order valence-electron chi connectivity index (χ2n) is 7.14. The summed E-state index contributed by atoms with van der Waals surface area (Å²) in [5.41, 5.74) is 3.80. The SMILES string of the molecule is CCCCCCOc1ccc(/C=C2\SC(=S)N(NC(=O)c3ccccc3)C2=O)cc1OC. The van der Waals surface area contributed by atoms with Crippen LogP contribution < -0.4 is 14.9 Å². The summed E-state index contributed by atoms with van der Waals surface area (Å²) < 4.78 is 11.6. The number of carbonyl (C=O) groups is 2. The fourth-order valence-corrected chi connectivity index (χ4v) is 4.25. The van der Waals surface area contributed by atoms with E-state index in [4.69, 9.17) is 21.7 Å². The van der Waals surface area contributed by atoms with E-state index >= 15 is 0 Å². The first-order valence-corrected chi connectivity index (χ1v) is 11.7. The van der Waals surface area contributed by atoms with Crippen LogP contribution in [0.25, 0.3) is 6.08 Å². The van der Waals surface area contributed by atoms with Crippen molar-refractivity contribution in [2.24, 2.45) is 0 Å². The lowest BCUT2D eigenvalue weighted by atomic mass is 10.2. The zero-order valence-corrected chi connectivity index (χ0v) is 19.8. The van der Waals surface area contributed by atoms with Crippen LogP contribution in [0.1, 0.15) is 48.5 Å². The van der Waals surface area contributed by atoms with Crippen LogP contribution in [0.4, 0.5) is 0 Å². The number of rotatable bonds is 10. The molecule has 1 fully saturated rings. The number of benzene rings is 2. The fraction of sp³-hybridized carbons (Fsp3) is 0.292. The Kier molecular flexibility index (Phi) is 8.70. The summed E-state index contributed by atoms with van der Waals surface area (Å²) in [6, 6.07) is 14.2. The smallest absolute Gasteiger partial charge is 0.285 e. The highest BCUT2D eigenvalue weighted by Crippen LogP contribution is 2.34. The van der Waals surface area contributed by atoms with Gasteiger partial charge < -0.3 is 9.47 Å². The van der Waals surface area contributed by atoms with Crippen LogP contribution in [-0.4, -0.2) is 34.9 Å². The molecule has 3 rings (SSSR count). The van der Waals surface area contributed by atoms with Gasteiger partial charge in [-0.3, -0.25) is 15.0 Å². The van der Waals surface area contributed by atoms with Gasteiger partial charge in [0.25, 0.3) is 11.8 Å². The maximum absolute atomic E-state index is 12.8. The molecule has 0 aliphatic carbocycles. The lowest BCUT2D eigenvalue weighted by Gasteiger charge is -2.15. The highest BCUT2D eigenvalue weighted by molar-refractivity contribution is 8.26. The monoisotopic (exact) mass is 470 g/mol. The van der Waals surface area contributed by atoms with E-state index in [0.29, 0.717) is 28.6 Å². The molecule has 0 bridgehead atoms. The molecule has 0 aromatic heterocycles. The fourth-order valence-electron chi connectivity index (χ4n) is 3.08. The molecule has 0 unspecified atom stereocenters. The Morgan fingerprint density at radius 2 is 1.91 bits per heavy atom. The van der Waals surface area contributed by atoms with Crippen LogP contribution >= 0.6 is 24.0 Å². The minimum atomic E-state index is -0.398. The first-order chi connectivity index (χ1) is 15.5. The van der Waals surface area contributed by atoms with E-state index in [0.717, 1.165) is 35.2 Å². The largest absolute Gasteiger partial charge is 0.493 e. The number of unbranched alkanes of at least 4 members (excludes halogenated alkanes) is 3. The van der Waals surface area contributed by atoms with E-state index in [2.05, 4.69) is 12.3 Å². The van der Waals surface area contributed by atoms with E-state index in [1.807, 2.05) is 24.3 Å². The molecule has 0 spiro atoms. The molecule has 1 saturated heterocycles. The van der Waals surface area contributed by atoms with E-state index in [1.54, 1.807) is 37.5 Å². The van der Waals surface area contributed by atoms with E-state index < -0.39 is 5.91 Å². The number of hydrogen-bond donors (Lipinski definition) is 1. The van der Waals surface area contributed by atoms with Crippen molar-refractivity contribution in [1.82, 2.24) is 10.4 Å². The second kappa shape index (κ2) is 11.7. The van der Waals surface area contributed by atoms with Crippen molar-refractivity contribution in [2.45, 2.75) is 32.6 Å². The molecule has 168 valence electrons. The second-order valence-corrected chi connectivity index (χ2v) is 8.82. The van der Waals surface area contributed by atoms with Crippen molar-refractivity contribution in [3.8, 4) is 11.5 Å². The number of thiocarbonyl (C=S) groups is 1. The van der Waals surface area contributed by atoms with Gasteiger partial charge in [-0.2, -0.15) is 5.01 Å². The van der Waals surface area contributed by atoms with Crippen LogP contribution in [0.3, 0.4) is 0 Å². The molecule has 0 saturated carbocycles. The number of ether oxygens (including phenoxy) is 2. The number of hydrogen-bond acceptors (Lipinski definition) is 6. The third-order valence-corrected chi connectivity index (χ3v) is 6.09. The van der Waals surface area contributed by atoms with Crippen molar-refractivity contribution in [3.63, 3.8) is 0 Å². The number of nitrogens with one attached hydrogen (secondary N) is 1. The van der Waals surface area contributed by atoms with Crippen molar-refractivity contribution >= 4 is 46.2 Å². The molecular formula is C24H26N2O4S2. The first kappa shape index (κ1) is 23.8. The van der Waals surface area contributed by atoms with Crippen LogP contribution in [0.2, 0.25) is 0 Å². The molecule has 6 nitrogen and oxygen atoms in total. The summed E-state index contributed by atoms with van der Waals surface area (Å²) in [4.78, 5) is 25.6. The zero-order chi connectivity index (χ0) is 22.9. The average Bonchev–Trinajstić information content (AvgIpc) is 3.07. The Morgan fingerprint density at radius 3 is 2.62 bits per heavy atom. The molecule has 1 heterocycles. The Bertz CT molecular complexity index is 1010. The molecule has 8 heteroatoms. The third-order valence-electron chi connectivity index (χ3n) is 4.78. The molecule has 2 amide bonds. The lowest BCUT2D eigenvalue weighted by Crippen LogP contribution is -2.44. The minimum Gasteiger partial charge on any atom is -0.493 e. The highest BCUT2D eigenvalue weighted by atomic mass is 32.2. The number of carbonyl (C=O) groups excluding carboxylic acids is 2. The number of thioether (sulfide) groups is 1. The Labute approximate surface area is 197 Å². The molecule has 0 radical (unpaired) electrons. The van der Waals surface area contributed by atoms with Crippen LogP contribution in [0, 0.1) is 0 Å². The molecule has 1 aliphatic rings. The van der Waals surface area contributed by atoms with Crippen molar-refractivity contribution in [3.05, 3.63) is 64.6 Å². The number of amides is 2. The zero-order valence-electron chi connectivity index (χ0n) is 18.1. The van der Waals surface area contributed by atoms with Crippen molar-refractivity contribution in [2.75, 3.05) is 13.7 Å². The molecule has 0 atom stereocenters. The molecule has 2 aromatic carbocycles. The van der Waals surface area contributed by atoms with Gasteiger partial charge in [0.05, 0.1) is 18.6 Å². The van der Waals surface area contributed by atoms with Gasteiger partial charge in [0.15, 0.2) is 15.8 Å². The Morgan fingerprint density at radius 1 is 1.12 bits per heavy atom. The number of hydrazine groups is 1. The van der Waals surface area contributed by atoms with Gasteiger partial charge in [0.1, 0.15) is 0 Å². The third kappa shape index (κ3) is 6.11. The van der Waals surface area contributed by atoms with Gasteiger partial charge in [0, 0.05) is 5.56 Å². The van der Waals surface area contributed by atoms with Crippen molar-refractivity contribution in [1.29, 1.82) is 0 Å². The van der Waals surface area contributed by atoms with E-state index in [9.17, 15) is 9.59 Å². The molecular weight excluding hydrogens is 444 g/mol. The summed E-state index contributed by atoms with van der Waals surface area (Å²) in [5.74, 6) is 0.496. The highest BCUT2D eigenvalue weighted by Gasteiger charge is 2.33. The molecule has 32 heavy (non-hydrogen) atoms. The summed E-state index contributed by atoms with van der Waals surface area (Å²) in [6.07, 6.45) is 6.24. The van der Waals surface area contributed by atoms with Gasteiger partial charge in [-0.05, 0) is 54.5 Å².